The SMILES string of the molecule is Cc1ccc(F)cc1NC(C)CC(=O)O. The number of carboxylic acids is 1. The molecule has 0 aliphatic heterocycles. The van der Waals surface area contributed by atoms with E-state index in [2.05, 4.69) is 5.32 Å². The van der Waals surface area contributed by atoms with Crippen LogP contribution in [0.25, 0.3) is 0 Å². The van der Waals surface area contributed by atoms with E-state index in [1.807, 2.05) is 6.92 Å². The van der Waals surface area contributed by atoms with Crippen molar-refractivity contribution in [3.05, 3.63) is 29.6 Å². The number of carbonyl (C=O) groups is 1. The Hall–Kier alpha value is -1.58. The van der Waals surface area contributed by atoms with Crippen LogP contribution in [0.3, 0.4) is 0 Å². The molecule has 0 bridgehead atoms. The van der Waals surface area contributed by atoms with E-state index in [4.69, 9.17) is 5.11 Å². The second-order valence-electron chi connectivity index (χ2n) is 3.60. The lowest BCUT2D eigenvalue weighted by molar-refractivity contribution is -0.137. The molecular formula is C11H14FNO2. The average molecular weight is 211 g/mol. The topological polar surface area (TPSA) is 49.3 Å². The molecule has 0 spiro atoms. The van der Waals surface area contributed by atoms with Gasteiger partial charge >= 0.3 is 5.97 Å². The number of carboxylic acid groups (broad SMARTS) is 1. The van der Waals surface area contributed by atoms with Crippen molar-refractivity contribution in [3.8, 4) is 0 Å². The minimum Gasteiger partial charge on any atom is -0.481 e. The summed E-state index contributed by atoms with van der Waals surface area (Å²) in [4.78, 5) is 10.4. The van der Waals surface area contributed by atoms with Crippen LogP contribution in [0.4, 0.5) is 10.1 Å². The third kappa shape index (κ3) is 3.58. The Morgan fingerprint density at radius 2 is 2.27 bits per heavy atom. The van der Waals surface area contributed by atoms with Crippen molar-refractivity contribution in [1.82, 2.24) is 0 Å². The molecule has 0 aliphatic rings. The molecule has 4 heteroatoms. The molecule has 0 heterocycles. The monoisotopic (exact) mass is 211 g/mol. The molecule has 0 saturated carbocycles. The zero-order chi connectivity index (χ0) is 11.4. The lowest BCUT2D eigenvalue weighted by atomic mass is 10.1. The normalized spacial score (nSPS) is 12.2. The van der Waals surface area contributed by atoms with Crippen molar-refractivity contribution in [3.63, 3.8) is 0 Å². The third-order valence-corrected chi connectivity index (χ3v) is 2.08. The predicted molar refractivity (Wildman–Crippen MR) is 56.5 cm³/mol. The van der Waals surface area contributed by atoms with E-state index in [1.54, 1.807) is 13.0 Å². The third-order valence-electron chi connectivity index (χ3n) is 2.08. The molecule has 0 saturated heterocycles. The quantitative estimate of drug-likeness (QED) is 0.804. The summed E-state index contributed by atoms with van der Waals surface area (Å²) in [5.74, 6) is -1.20. The first-order valence-corrected chi connectivity index (χ1v) is 4.73. The highest BCUT2D eigenvalue weighted by atomic mass is 19.1. The Labute approximate surface area is 87.9 Å². The van der Waals surface area contributed by atoms with Gasteiger partial charge in [0.05, 0.1) is 6.42 Å². The van der Waals surface area contributed by atoms with Crippen LogP contribution in [0.15, 0.2) is 18.2 Å². The van der Waals surface area contributed by atoms with E-state index in [0.717, 1.165) is 5.56 Å². The van der Waals surface area contributed by atoms with Gasteiger partial charge in [-0.1, -0.05) is 6.07 Å². The molecular weight excluding hydrogens is 197 g/mol. The molecule has 15 heavy (non-hydrogen) atoms. The summed E-state index contributed by atoms with van der Waals surface area (Å²) >= 11 is 0. The van der Waals surface area contributed by atoms with Crippen LogP contribution in [-0.2, 0) is 4.79 Å². The van der Waals surface area contributed by atoms with E-state index in [-0.39, 0.29) is 18.3 Å². The van der Waals surface area contributed by atoms with Gasteiger partial charge < -0.3 is 10.4 Å². The lowest BCUT2D eigenvalue weighted by Gasteiger charge is -2.15. The summed E-state index contributed by atoms with van der Waals surface area (Å²) in [7, 11) is 0. The van der Waals surface area contributed by atoms with Crippen LogP contribution in [0.2, 0.25) is 0 Å². The van der Waals surface area contributed by atoms with Gasteiger partial charge in [-0.2, -0.15) is 0 Å². The van der Waals surface area contributed by atoms with Gasteiger partial charge in [-0.3, -0.25) is 4.79 Å². The van der Waals surface area contributed by atoms with Crippen LogP contribution < -0.4 is 5.32 Å². The van der Waals surface area contributed by atoms with Crippen molar-refractivity contribution >= 4 is 11.7 Å². The predicted octanol–water partition coefficient (Wildman–Crippen LogP) is 2.41. The molecule has 0 radical (unpaired) electrons. The molecule has 0 amide bonds. The van der Waals surface area contributed by atoms with E-state index >= 15 is 0 Å². The first kappa shape index (κ1) is 11.5. The Kier molecular flexibility index (Phi) is 3.66. The number of aliphatic carboxylic acids is 1. The van der Waals surface area contributed by atoms with E-state index in [1.165, 1.54) is 12.1 Å². The zero-order valence-electron chi connectivity index (χ0n) is 8.75. The van der Waals surface area contributed by atoms with Crippen LogP contribution >= 0.6 is 0 Å². The molecule has 1 rings (SSSR count). The number of hydrogen-bond acceptors (Lipinski definition) is 2. The summed E-state index contributed by atoms with van der Waals surface area (Å²) in [6, 6.07) is 4.18. The molecule has 1 aromatic rings. The van der Waals surface area contributed by atoms with Gasteiger partial charge in [-0.05, 0) is 31.5 Å². The second-order valence-corrected chi connectivity index (χ2v) is 3.60. The van der Waals surface area contributed by atoms with Crippen molar-refractivity contribution in [1.29, 1.82) is 0 Å². The minimum absolute atomic E-state index is 0.00987. The first-order chi connectivity index (χ1) is 6.99. The minimum atomic E-state index is -0.871. The number of benzene rings is 1. The Balaban J connectivity index is 2.71. The highest BCUT2D eigenvalue weighted by Gasteiger charge is 2.08. The van der Waals surface area contributed by atoms with Crippen LogP contribution in [0.5, 0.6) is 0 Å². The number of aryl methyl sites for hydroxylation is 1. The first-order valence-electron chi connectivity index (χ1n) is 4.73. The second kappa shape index (κ2) is 4.77. The highest BCUT2D eigenvalue weighted by Crippen LogP contribution is 2.17. The molecule has 0 aromatic heterocycles. The van der Waals surface area contributed by atoms with Gasteiger partial charge in [-0.25, -0.2) is 4.39 Å². The molecule has 3 nitrogen and oxygen atoms in total. The van der Waals surface area contributed by atoms with Gasteiger partial charge in [0.25, 0.3) is 0 Å². The summed E-state index contributed by atoms with van der Waals surface area (Å²) in [6.45, 7) is 3.59. The molecule has 2 N–H and O–H groups in total. The van der Waals surface area contributed by atoms with E-state index in [9.17, 15) is 9.18 Å². The van der Waals surface area contributed by atoms with Crippen LogP contribution in [-0.4, -0.2) is 17.1 Å². The smallest absolute Gasteiger partial charge is 0.305 e. The van der Waals surface area contributed by atoms with E-state index < -0.39 is 5.97 Å². The fourth-order valence-electron chi connectivity index (χ4n) is 1.33. The number of rotatable bonds is 4. The van der Waals surface area contributed by atoms with Gasteiger partial charge in [0.15, 0.2) is 0 Å². The lowest BCUT2D eigenvalue weighted by Crippen LogP contribution is -2.19. The van der Waals surface area contributed by atoms with Crippen molar-refractivity contribution < 1.29 is 14.3 Å². The highest BCUT2D eigenvalue weighted by molar-refractivity contribution is 5.68. The van der Waals surface area contributed by atoms with Crippen LogP contribution in [0.1, 0.15) is 18.9 Å². The molecule has 1 aromatic carbocycles. The Bertz CT molecular complexity index is 366. The summed E-state index contributed by atoms with van der Waals surface area (Å²) in [6.07, 6.45) is 0.00987. The van der Waals surface area contributed by atoms with Crippen molar-refractivity contribution in [2.24, 2.45) is 0 Å². The number of halogens is 1. The summed E-state index contributed by atoms with van der Waals surface area (Å²) in [5, 5.41) is 11.5. The van der Waals surface area contributed by atoms with Crippen LogP contribution in [0, 0.1) is 12.7 Å². The van der Waals surface area contributed by atoms with Crippen molar-refractivity contribution in [2.45, 2.75) is 26.3 Å². The van der Waals surface area contributed by atoms with Gasteiger partial charge in [0.2, 0.25) is 0 Å². The van der Waals surface area contributed by atoms with Gasteiger partial charge in [0, 0.05) is 11.7 Å². The largest absolute Gasteiger partial charge is 0.481 e. The van der Waals surface area contributed by atoms with E-state index in [0.29, 0.717) is 5.69 Å². The maximum absolute atomic E-state index is 12.9. The fraction of sp³-hybridized carbons (Fsp3) is 0.364. The standard InChI is InChI=1S/C11H14FNO2/c1-7-3-4-9(12)6-10(7)13-8(2)5-11(14)15/h3-4,6,8,13H,5H2,1-2H3,(H,14,15). The van der Waals surface area contributed by atoms with Crippen molar-refractivity contribution in [2.75, 3.05) is 5.32 Å². The molecule has 1 unspecified atom stereocenters. The Morgan fingerprint density at radius 1 is 1.60 bits per heavy atom. The summed E-state index contributed by atoms with van der Waals surface area (Å²) < 4.78 is 12.9. The fourth-order valence-corrected chi connectivity index (χ4v) is 1.33. The number of anilines is 1. The maximum atomic E-state index is 12.9. The zero-order valence-corrected chi connectivity index (χ0v) is 8.75. The molecule has 1 atom stereocenters. The summed E-state index contributed by atoms with van der Waals surface area (Å²) in [5.41, 5.74) is 1.54. The average Bonchev–Trinajstić information content (AvgIpc) is 2.10. The Morgan fingerprint density at radius 3 is 2.87 bits per heavy atom. The maximum Gasteiger partial charge on any atom is 0.305 e. The number of hydrogen-bond donors (Lipinski definition) is 2. The number of nitrogens with one attached hydrogen (secondary N) is 1. The molecule has 0 fully saturated rings. The van der Waals surface area contributed by atoms with Gasteiger partial charge in [0.1, 0.15) is 5.82 Å². The van der Waals surface area contributed by atoms with Gasteiger partial charge in [-0.15, -0.1) is 0 Å². The molecule has 0 aliphatic carbocycles. The molecule has 82 valence electrons.